The number of rotatable bonds is 7. The van der Waals surface area contributed by atoms with Crippen molar-refractivity contribution in [3.63, 3.8) is 0 Å². The van der Waals surface area contributed by atoms with Crippen LogP contribution in [0.15, 0.2) is 42.5 Å². The number of carbonyl (C=O) groups is 4. The summed E-state index contributed by atoms with van der Waals surface area (Å²) in [5.74, 6) is -3.02. The first-order chi connectivity index (χ1) is 19.5. The number of nitriles is 1. The molecule has 1 aromatic rings. The molecule has 0 aromatic heterocycles. The largest absolute Gasteiger partial charge is 0.397 e. The van der Waals surface area contributed by atoms with Crippen LogP contribution in [0.2, 0.25) is 0 Å². The number of alkyl halides is 3. The number of likely N-dealkylation sites (tertiary alicyclic amines) is 1. The van der Waals surface area contributed by atoms with Gasteiger partial charge in [0.15, 0.2) is 0 Å². The zero-order valence-corrected chi connectivity index (χ0v) is 24.9. The number of likely N-dealkylation sites (N-methyl/N-ethyl adjacent to an activating group) is 1. The number of halogens is 3. The minimum atomic E-state index is -4.50. The Morgan fingerprint density at radius 1 is 1.12 bits per heavy atom. The molecule has 0 bridgehead atoms. The summed E-state index contributed by atoms with van der Waals surface area (Å²) in [5.41, 5.74) is -1.53. The minimum absolute atomic E-state index is 0.00996. The summed E-state index contributed by atoms with van der Waals surface area (Å²) in [6, 6.07) is 8.85. The van der Waals surface area contributed by atoms with Crippen LogP contribution in [-0.4, -0.2) is 71.8 Å². The van der Waals surface area contributed by atoms with Gasteiger partial charge in [0, 0.05) is 19.3 Å². The third-order valence-corrected chi connectivity index (χ3v) is 6.99. The van der Waals surface area contributed by atoms with Crippen molar-refractivity contribution < 1.29 is 32.3 Å². The molecule has 5 unspecified atom stereocenters. The van der Waals surface area contributed by atoms with E-state index >= 15 is 0 Å². The van der Waals surface area contributed by atoms with E-state index in [-0.39, 0.29) is 18.9 Å². The monoisotopic (exact) mass is 591 g/mol. The number of nitrogens with one attached hydrogen (secondary N) is 2. The fraction of sp³-hybridized carbons (Fsp3) is 0.567. The van der Waals surface area contributed by atoms with Crippen molar-refractivity contribution in [2.24, 2.45) is 23.2 Å². The van der Waals surface area contributed by atoms with Crippen molar-refractivity contribution in [1.82, 2.24) is 15.1 Å². The van der Waals surface area contributed by atoms with Crippen molar-refractivity contribution in [1.29, 1.82) is 5.26 Å². The van der Waals surface area contributed by atoms with E-state index in [0.717, 1.165) is 23.8 Å². The van der Waals surface area contributed by atoms with Gasteiger partial charge < -0.3 is 20.4 Å². The molecule has 4 amide bonds. The maximum Gasteiger partial charge on any atom is 0.397 e. The van der Waals surface area contributed by atoms with Crippen LogP contribution in [-0.2, 0) is 19.2 Å². The lowest BCUT2D eigenvalue weighted by Gasteiger charge is -2.27. The molecule has 1 heterocycles. The van der Waals surface area contributed by atoms with Crippen LogP contribution < -0.4 is 10.6 Å². The van der Waals surface area contributed by atoms with Gasteiger partial charge in [-0.15, -0.1) is 0 Å². The smallest absolute Gasteiger partial charge is 0.344 e. The Bertz CT molecular complexity index is 1190. The van der Waals surface area contributed by atoms with Gasteiger partial charge in [0.25, 0.3) is 0 Å². The Hall–Kier alpha value is -3.88. The fourth-order valence-electron chi connectivity index (χ4n) is 4.59. The first-order valence-corrected chi connectivity index (χ1v) is 13.9. The molecule has 0 saturated carbocycles. The number of para-hydroxylation sites is 1. The van der Waals surface area contributed by atoms with Crippen molar-refractivity contribution in [3.8, 4) is 6.07 Å². The van der Waals surface area contributed by atoms with E-state index in [1.54, 1.807) is 30.3 Å². The summed E-state index contributed by atoms with van der Waals surface area (Å²) in [4.78, 5) is 53.2. The molecule has 42 heavy (non-hydrogen) atoms. The molecule has 9 nitrogen and oxygen atoms in total. The molecular formula is C30H40F3N5O4. The number of carbonyl (C=O) groups excluding carboxylic acids is 4. The second kappa shape index (κ2) is 14.3. The van der Waals surface area contributed by atoms with Gasteiger partial charge in [-0.1, -0.05) is 51.1 Å². The Morgan fingerprint density at radius 2 is 1.71 bits per heavy atom. The van der Waals surface area contributed by atoms with Crippen LogP contribution >= 0.6 is 0 Å². The molecule has 2 N–H and O–H groups in total. The van der Waals surface area contributed by atoms with Crippen LogP contribution in [0.25, 0.3) is 0 Å². The van der Waals surface area contributed by atoms with Gasteiger partial charge in [0.2, 0.25) is 23.6 Å². The summed E-state index contributed by atoms with van der Waals surface area (Å²) in [6.07, 6.45) is -2.66. The van der Waals surface area contributed by atoms with Crippen LogP contribution in [0.5, 0.6) is 0 Å². The Labute approximate surface area is 245 Å². The lowest BCUT2D eigenvalue weighted by atomic mass is 9.86. The van der Waals surface area contributed by atoms with E-state index in [4.69, 9.17) is 0 Å². The number of nitrogens with zero attached hydrogens (tertiary/aromatic N) is 3. The highest BCUT2D eigenvalue weighted by atomic mass is 19.4. The number of amides is 4. The van der Waals surface area contributed by atoms with E-state index in [0.29, 0.717) is 5.69 Å². The van der Waals surface area contributed by atoms with Gasteiger partial charge >= 0.3 is 6.18 Å². The summed E-state index contributed by atoms with van der Waals surface area (Å²) in [5, 5.41) is 14.7. The first-order valence-electron chi connectivity index (χ1n) is 13.9. The third kappa shape index (κ3) is 9.06. The quantitative estimate of drug-likeness (QED) is 0.462. The van der Waals surface area contributed by atoms with E-state index in [1.165, 1.54) is 24.9 Å². The van der Waals surface area contributed by atoms with Gasteiger partial charge in [-0.25, -0.2) is 0 Å². The molecule has 12 heteroatoms. The standard InChI is InChI=1S/C26H30F3N5O4.C4H10/c1-16(31-22(36)17-9-10-25(2,12-17)26(27,28)29)24(38)33(3)15-21(35)34-14-18(11-20(34)13-30)23(37)32-19-7-5-4-6-8-19;1-4(2)3/h4-10,16-18,20H,11-12,14-15H2,1-3H3,(H,31,36)(H,32,37);4H,1-3H3. The van der Waals surface area contributed by atoms with Crippen LogP contribution in [0.4, 0.5) is 18.9 Å². The number of allylic oxidation sites excluding steroid dienone is 1. The van der Waals surface area contributed by atoms with Crippen molar-refractivity contribution in [2.45, 2.75) is 65.7 Å². The van der Waals surface area contributed by atoms with E-state index in [1.807, 2.05) is 6.07 Å². The van der Waals surface area contributed by atoms with Gasteiger partial charge in [-0.3, -0.25) is 19.2 Å². The summed E-state index contributed by atoms with van der Waals surface area (Å²) < 4.78 is 39.7. The summed E-state index contributed by atoms with van der Waals surface area (Å²) >= 11 is 0. The molecule has 0 spiro atoms. The zero-order chi connectivity index (χ0) is 31.8. The van der Waals surface area contributed by atoms with Gasteiger partial charge in [0.1, 0.15) is 12.1 Å². The normalized spacial score (nSPS) is 23.8. The predicted molar refractivity (Wildman–Crippen MR) is 151 cm³/mol. The molecule has 1 aliphatic heterocycles. The van der Waals surface area contributed by atoms with Gasteiger partial charge in [-0.2, -0.15) is 18.4 Å². The molecule has 1 aromatic carbocycles. The molecular weight excluding hydrogens is 551 g/mol. The second-order valence-electron chi connectivity index (χ2n) is 11.7. The third-order valence-electron chi connectivity index (χ3n) is 6.99. The Morgan fingerprint density at radius 3 is 2.24 bits per heavy atom. The number of benzene rings is 1. The fourth-order valence-corrected chi connectivity index (χ4v) is 4.59. The van der Waals surface area contributed by atoms with E-state index in [2.05, 4.69) is 31.4 Å². The molecule has 5 atom stereocenters. The van der Waals surface area contributed by atoms with Crippen molar-refractivity contribution in [3.05, 3.63) is 42.5 Å². The highest BCUT2D eigenvalue weighted by molar-refractivity contribution is 5.94. The topological polar surface area (TPSA) is 123 Å². The van der Waals surface area contributed by atoms with Crippen LogP contribution in [0, 0.1) is 34.5 Å². The average molecular weight is 592 g/mol. The highest BCUT2D eigenvalue weighted by Gasteiger charge is 2.53. The molecule has 3 rings (SSSR count). The first kappa shape index (κ1) is 34.3. The number of anilines is 1. The Kier molecular flexibility index (Phi) is 11.7. The number of hydrogen-bond donors (Lipinski definition) is 2. The molecule has 1 aliphatic carbocycles. The molecule has 2 aliphatic rings. The van der Waals surface area contributed by atoms with Crippen molar-refractivity contribution >= 4 is 29.3 Å². The molecule has 1 saturated heterocycles. The maximum atomic E-state index is 13.2. The second-order valence-corrected chi connectivity index (χ2v) is 11.7. The SMILES string of the molecule is CC(C)C.CC(NC(=O)C1C=CC(C)(C(F)(F)F)C1)C(=O)N(C)CC(=O)N1CC(C(=O)Nc2ccccc2)CC1C#N. The van der Waals surface area contributed by atoms with E-state index < -0.39 is 66.2 Å². The van der Waals surface area contributed by atoms with E-state index in [9.17, 15) is 37.6 Å². The number of hydrogen-bond acceptors (Lipinski definition) is 5. The highest BCUT2D eigenvalue weighted by Crippen LogP contribution is 2.48. The van der Waals surface area contributed by atoms with Crippen LogP contribution in [0.1, 0.15) is 47.5 Å². The Balaban J connectivity index is 0.00000144. The lowest BCUT2D eigenvalue weighted by Crippen LogP contribution is -2.50. The maximum absolute atomic E-state index is 13.2. The summed E-state index contributed by atoms with van der Waals surface area (Å²) in [7, 11) is 1.34. The summed E-state index contributed by atoms with van der Waals surface area (Å²) in [6.45, 7) is 8.49. The van der Waals surface area contributed by atoms with Gasteiger partial charge in [-0.05, 0) is 44.7 Å². The average Bonchev–Trinajstić information content (AvgIpc) is 3.53. The zero-order valence-electron chi connectivity index (χ0n) is 24.9. The molecule has 1 fully saturated rings. The molecule has 0 radical (unpaired) electrons. The molecule has 230 valence electrons. The lowest BCUT2D eigenvalue weighted by molar-refractivity contribution is -0.201. The van der Waals surface area contributed by atoms with Crippen molar-refractivity contribution in [2.75, 3.05) is 25.5 Å². The minimum Gasteiger partial charge on any atom is -0.344 e. The van der Waals surface area contributed by atoms with Gasteiger partial charge in [0.05, 0.1) is 29.9 Å². The predicted octanol–water partition coefficient (Wildman–Crippen LogP) is 4.14. The van der Waals surface area contributed by atoms with Crippen LogP contribution in [0.3, 0.4) is 0 Å².